The molecule has 3 rings (SSSR count). The standard InChI is InChI=1S/C15H16BrClN2/c16-13-3-1-2-12-11(13)4-9-18-14(12)19-10-15(5-6-15)7-8-17/h1-4,9H,5-8,10H2,(H,18,19). The van der Waals surface area contributed by atoms with Gasteiger partial charge >= 0.3 is 0 Å². The number of pyridine rings is 1. The molecule has 1 heterocycles. The van der Waals surface area contributed by atoms with Crippen LogP contribution < -0.4 is 5.32 Å². The van der Waals surface area contributed by atoms with Crippen molar-refractivity contribution >= 4 is 44.1 Å². The summed E-state index contributed by atoms with van der Waals surface area (Å²) in [6.07, 6.45) is 5.51. The minimum atomic E-state index is 0.414. The van der Waals surface area contributed by atoms with Crippen molar-refractivity contribution in [2.75, 3.05) is 17.7 Å². The minimum Gasteiger partial charge on any atom is -0.369 e. The van der Waals surface area contributed by atoms with Gasteiger partial charge in [-0.3, -0.25) is 0 Å². The Hall–Kier alpha value is -0.800. The molecular weight excluding hydrogens is 324 g/mol. The van der Waals surface area contributed by atoms with E-state index in [2.05, 4.69) is 38.4 Å². The second kappa shape index (κ2) is 5.29. The smallest absolute Gasteiger partial charge is 0.133 e. The number of alkyl halides is 1. The van der Waals surface area contributed by atoms with Gasteiger partial charge in [-0.1, -0.05) is 28.1 Å². The molecule has 1 N–H and O–H groups in total. The lowest BCUT2D eigenvalue weighted by Crippen LogP contribution is -2.16. The number of rotatable bonds is 5. The summed E-state index contributed by atoms with van der Waals surface area (Å²) in [5.74, 6) is 1.72. The van der Waals surface area contributed by atoms with Gasteiger partial charge in [-0.05, 0) is 36.8 Å². The zero-order valence-corrected chi connectivity index (χ0v) is 13.0. The van der Waals surface area contributed by atoms with Gasteiger partial charge in [0.1, 0.15) is 5.82 Å². The third kappa shape index (κ3) is 2.72. The van der Waals surface area contributed by atoms with Gasteiger partial charge in [-0.25, -0.2) is 4.98 Å². The SMILES string of the molecule is ClCCC1(CNc2nccc3c(Br)cccc23)CC1. The number of fused-ring (bicyclic) bond motifs is 1. The highest BCUT2D eigenvalue weighted by atomic mass is 79.9. The molecule has 1 fully saturated rings. The average molecular weight is 340 g/mol. The number of anilines is 1. The molecule has 0 saturated heterocycles. The number of nitrogens with one attached hydrogen (secondary N) is 1. The molecule has 1 saturated carbocycles. The Balaban J connectivity index is 1.83. The van der Waals surface area contributed by atoms with E-state index in [9.17, 15) is 0 Å². The first kappa shape index (κ1) is 13.2. The van der Waals surface area contributed by atoms with Gasteiger partial charge in [-0.2, -0.15) is 0 Å². The zero-order valence-electron chi connectivity index (χ0n) is 10.6. The summed E-state index contributed by atoms with van der Waals surface area (Å²) < 4.78 is 1.11. The first-order chi connectivity index (χ1) is 9.24. The van der Waals surface area contributed by atoms with Crippen LogP contribution in [0.1, 0.15) is 19.3 Å². The highest BCUT2D eigenvalue weighted by Crippen LogP contribution is 2.49. The lowest BCUT2D eigenvalue weighted by molar-refractivity contribution is 0.524. The molecule has 0 bridgehead atoms. The number of nitrogens with zero attached hydrogens (tertiary/aromatic N) is 1. The predicted octanol–water partition coefficient (Wildman–Crippen LogP) is 4.82. The highest BCUT2D eigenvalue weighted by molar-refractivity contribution is 9.10. The molecule has 1 aromatic heterocycles. The Morgan fingerprint density at radius 1 is 1.26 bits per heavy atom. The molecule has 0 aliphatic heterocycles. The number of benzene rings is 1. The number of hydrogen-bond acceptors (Lipinski definition) is 2. The molecule has 19 heavy (non-hydrogen) atoms. The van der Waals surface area contributed by atoms with Gasteiger partial charge in [0.15, 0.2) is 0 Å². The van der Waals surface area contributed by atoms with Crippen LogP contribution in [0.25, 0.3) is 10.8 Å². The van der Waals surface area contributed by atoms with Gasteiger partial charge in [0.2, 0.25) is 0 Å². The molecule has 1 aliphatic carbocycles. The zero-order chi connectivity index (χ0) is 13.3. The van der Waals surface area contributed by atoms with Crippen LogP contribution in [0.3, 0.4) is 0 Å². The third-order valence-corrected chi connectivity index (χ3v) is 4.85. The van der Waals surface area contributed by atoms with Crippen LogP contribution in [0.5, 0.6) is 0 Å². The van der Waals surface area contributed by atoms with Crippen molar-refractivity contribution in [1.29, 1.82) is 0 Å². The highest BCUT2D eigenvalue weighted by Gasteiger charge is 2.41. The van der Waals surface area contributed by atoms with E-state index >= 15 is 0 Å². The average Bonchev–Trinajstić information content (AvgIpc) is 3.18. The third-order valence-electron chi connectivity index (χ3n) is 3.97. The molecular formula is C15H16BrClN2. The van der Waals surface area contributed by atoms with Crippen LogP contribution in [0.2, 0.25) is 0 Å². The largest absolute Gasteiger partial charge is 0.369 e. The van der Waals surface area contributed by atoms with E-state index in [1.807, 2.05) is 18.3 Å². The molecule has 0 spiro atoms. The fourth-order valence-electron chi connectivity index (χ4n) is 2.47. The van der Waals surface area contributed by atoms with E-state index in [-0.39, 0.29) is 0 Å². The van der Waals surface area contributed by atoms with E-state index in [4.69, 9.17) is 11.6 Å². The van der Waals surface area contributed by atoms with Gasteiger partial charge in [0.05, 0.1) is 0 Å². The van der Waals surface area contributed by atoms with E-state index in [0.29, 0.717) is 5.41 Å². The molecule has 1 aromatic carbocycles. The lowest BCUT2D eigenvalue weighted by Gasteiger charge is -2.16. The normalized spacial score (nSPS) is 16.5. The summed E-state index contributed by atoms with van der Waals surface area (Å²) in [5.41, 5.74) is 0.414. The van der Waals surface area contributed by atoms with Gasteiger partial charge < -0.3 is 5.32 Å². The Labute approximate surface area is 126 Å². The molecule has 4 heteroatoms. The van der Waals surface area contributed by atoms with E-state index in [0.717, 1.165) is 29.1 Å². The minimum absolute atomic E-state index is 0.414. The molecule has 100 valence electrons. The molecule has 2 nitrogen and oxygen atoms in total. The van der Waals surface area contributed by atoms with Gasteiger partial charge in [-0.15, -0.1) is 11.6 Å². The van der Waals surface area contributed by atoms with Crippen molar-refractivity contribution in [1.82, 2.24) is 4.98 Å². The van der Waals surface area contributed by atoms with Crippen LogP contribution >= 0.6 is 27.5 Å². The number of aromatic nitrogens is 1. The summed E-state index contributed by atoms with van der Waals surface area (Å²) in [5, 5.41) is 5.87. The summed E-state index contributed by atoms with van der Waals surface area (Å²) in [4.78, 5) is 4.47. The molecule has 0 amide bonds. The summed E-state index contributed by atoms with van der Waals surface area (Å²) in [7, 11) is 0. The molecule has 1 aliphatic rings. The van der Waals surface area contributed by atoms with Crippen molar-refractivity contribution in [2.45, 2.75) is 19.3 Å². The van der Waals surface area contributed by atoms with Crippen molar-refractivity contribution in [3.63, 3.8) is 0 Å². The Morgan fingerprint density at radius 3 is 2.84 bits per heavy atom. The molecule has 0 radical (unpaired) electrons. The van der Waals surface area contributed by atoms with Crippen LogP contribution in [-0.4, -0.2) is 17.4 Å². The molecule has 2 aromatic rings. The Kier molecular flexibility index (Phi) is 3.68. The van der Waals surface area contributed by atoms with Crippen molar-refractivity contribution in [3.05, 3.63) is 34.9 Å². The Morgan fingerprint density at radius 2 is 2.11 bits per heavy atom. The number of hydrogen-bond donors (Lipinski definition) is 1. The second-order valence-corrected chi connectivity index (χ2v) is 6.52. The van der Waals surface area contributed by atoms with Crippen LogP contribution in [-0.2, 0) is 0 Å². The summed E-state index contributed by atoms with van der Waals surface area (Å²) in [6.45, 7) is 0.971. The van der Waals surface area contributed by atoms with Crippen LogP contribution in [0.15, 0.2) is 34.9 Å². The first-order valence-electron chi connectivity index (χ1n) is 6.57. The van der Waals surface area contributed by atoms with Crippen LogP contribution in [0.4, 0.5) is 5.82 Å². The van der Waals surface area contributed by atoms with Gasteiger partial charge in [0.25, 0.3) is 0 Å². The van der Waals surface area contributed by atoms with Crippen molar-refractivity contribution in [3.8, 4) is 0 Å². The second-order valence-electron chi connectivity index (χ2n) is 5.29. The predicted molar refractivity (Wildman–Crippen MR) is 84.9 cm³/mol. The van der Waals surface area contributed by atoms with E-state index < -0.39 is 0 Å². The maximum Gasteiger partial charge on any atom is 0.133 e. The topological polar surface area (TPSA) is 24.9 Å². The molecule has 0 unspecified atom stereocenters. The molecule has 0 atom stereocenters. The van der Waals surface area contributed by atoms with Crippen molar-refractivity contribution < 1.29 is 0 Å². The lowest BCUT2D eigenvalue weighted by atomic mass is 10.0. The maximum absolute atomic E-state index is 5.87. The van der Waals surface area contributed by atoms with Crippen molar-refractivity contribution in [2.24, 2.45) is 5.41 Å². The Bertz CT molecular complexity index is 596. The van der Waals surface area contributed by atoms with Gasteiger partial charge in [0, 0.05) is 33.9 Å². The van der Waals surface area contributed by atoms with E-state index in [1.165, 1.54) is 23.6 Å². The summed E-state index contributed by atoms with van der Waals surface area (Å²) in [6, 6.07) is 8.25. The fourth-order valence-corrected chi connectivity index (χ4v) is 3.37. The first-order valence-corrected chi connectivity index (χ1v) is 7.90. The van der Waals surface area contributed by atoms with Crippen LogP contribution in [0, 0.1) is 5.41 Å². The monoisotopic (exact) mass is 338 g/mol. The maximum atomic E-state index is 5.87. The summed E-state index contributed by atoms with van der Waals surface area (Å²) >= 11 is 9.46. The fraction of sp³-hybridized carbons (Fsp3) is 0.400. The quantitative estimate of drug-likeness (QED) is 0.790. The van der Waals surface area contributed by atoms with E-state index in [1.54, 1.807) is 0 Å². The number of halogens is 2.